The van der Waals surface area contributed by atoms with Gasteiger partial charge in [0, 0.05) is 5.02 Å². The first-order valence-corrected chi connectivity index (χ1v) is 9.73. The van der Waals surface area contributed by atoms with Crippen molar-refractivity contribution in [3.8, 4) is 11.6 Å². The summed E-state index contributed by atoms with van der Waals surface area (Å²) in [4.78, 5) is 0. The zero-order valence-electron chi connectivity index (χ0n) is 15.4. The van der Waals surface area contributed by atoms with Gasteiger partial charge in [0.1, 0.15) is 17.9 Å². The summed E-state index contributed by atoms with van der Waals surface area (Å²) >= 11 is 18.2. The Hall–Kier alpha value is -1.89. The van der Waals surface area contributed by atoms with Crippen LogP contribution in [0, 0.1) is 0 Å². The minimum Gasteiger partial charge on any atom is -0.472 e. The van der Waals surface area contributed by atoms with Crippen LogP contribution in [-0.4, -0.2) is 9.78 Å². The highest BCUT2D eigenvalue weighted by atomic mass is 35.5. The molecule has 1 aromatic heterocycles. The normalized spacial score (nSPS) is 11.9. The van der Waals surface area contributed by atoms with Crippen LogP contribution in [0.15, 0.2) is 42.6 Å². The number of rotatable bonds is 5. The third-order valence-electron chi connectivity index (χ3n) is 4.25. The van der Waals surface area contributed by atoms with E-state index in [1.807, 2.05) is 24.3 Å². The largest absolute Gasteiger partial charge is 0.472 e. The fourth-order valence-electron chi connectivity index (χ4n) is 2.72. The predicted molar refractivity (Wildman–Crippen MR) is 108 cm³/mol. The summed E-state index contributed by atoms with van der Waals surface area (Å²) in [7, 11) is 0. The topological polar surface area (TPSA) is 27.1 Å². The van der Waals surface area contributed by atoms with E-state index in [1.54, 1.807) is 0 Å². The highest BCUT2D eigenvalue weighted by Gasteiger charge is 2.38. The van der Waals surface area contributed by atoms with Crippen LogP contribution in [0.1, 0.15) is 36.5 Å². The average molecular weight is 464 g/mol. The molecule has 0 N–H and O–H groups in total. The molecule has 3 nitrogen and oxygen atoms in total. The third-order valence-corrected chi connectivity index (χ3v) is 5.04. The molecule has 0 amide bonds. The van der Waals surface area contributed by atoms with Crippen LogP contribution in [0.5, 0.6) is 5.88 Å². The van der Waals surface area contributed by atoms with Gasteiger partial charge >= 0.3 is 6.18 Å². The molecule has 0 saturated carbocycles. The standard InChI is InChI=1S/C20H16Cl3F3N2O/c1-11(2)13-5-3-12(4-6-13)10-29-19-15(20(24,25)26)9-27-28(19)18-16(22)7-14(21)8-17(18)23/h3-9,11H,10H2,1-2H3. The van der Waals surface area contributed by atoms with Gasteiger partial charge in [-0.1, -0.05) is 72.9 Å². The van der Waals surface area contributed by atoms with Gasteiger partial charge < -0.3 is 4.74 Å². The van der Waals surface area contributed by atoms with E-state index in [-0.39, 0.29) is 27.4 Å². The van der Waals surface area contributed by atoms with E-state index in [1.165, 1.54) is 12.1 Å². The number of alkyl halides is 3. The van der Waals surface area contributed by atoms with E-state index in [0.29, 0.717) is 17.7 Å². The Balaban J connectivity index is 2.00. The molecular weight excluding hydrogens is 448 g/mol. The summed E-state index contributed by atoms with van der Waals surface area (Å²) in [5, 5.41) is 4.16. The lowest BCUT2D eigenvalue weighted by Gasteiger charge is -2.15. The van der Waals surface area contributed by atoms with Crippen molar-refractivity contribution in [2.45, 2.75) is 32.5 Å². The summed E-state index contributed by atoms with van der Waals surface area (Å²) in [5.74, 6) is -0.158. The quantitative estimate of drug-likeness (QED) is 0.390. The van der Waals surface area contributed by atoms with Gasteiger partial charge in [0.05, 0.1) is 16.2 Å². The summed E-state index contributed by atoms with van der Waals surface area (Å²) in [6, 6.07) is 10.2. The van der Waals surface area contributed by atoms with Crippen molar-refractivity contribution >= 4 is 34.8 Å². The Labute approximate surface area is 180 Å². The molecule has 0 unspecified atom stereocenters. The second-order valence-corrected chi connectivity index (χ2v) is 7.93. The van der Waals surface area contributed by atoms with Crippen molar-refractivity contribution in [3.05, 3.63) is 74.4 Å². The van der Waals surface area contributed by atoms with Gasteiger partial charge in [-0.25, -0.2) is 0 Å². The van der Waals surface area contributed by atoms with E-state index >= 15 is 0 Å². The number of hydrogen-bond donors (Lipinski definition) is 0. The number of nitrogens with zero attached hydrogens (tertiary/aromatic N) is 2. The molecule has 9 heteroatoms. The summed E-state index contributed by atoms with van der Waals surface area (Å²) in [6.07, 6.45) is -3.99. The Kier molecular flexibility index (Phi) is 6.36. The maximum Gasteiger partial charge on any atom is 0.423 e. The first-order valence-electron chi connectivity index (χ1n) is 8.59. The second-order valence-electron chi connectivity index (χ2n) is 6.68. The van der Waals surface area contributed by atoms with Gasteiger partial charge in [-0.05, 0) is 29.2 Å². The van der Waals surface area contributed by atoms with Crippen LogP contribution in [0.4, 0.5) is 13.2 Å². The number of hydrogen-bond acceptors (Lipinski definition) is 2. The van der Waals surface area contributed by atoms with Crippen LogP contribution in [-0.2, 0) is 12.8 Å². The Bertz CT molecular complexity index is 992. The fourth-order valence-corrected chi connectivity index (χ4v) is 3.69. The molecule has 0 spiro atoms. The maximum absolute atomic E-state index is 13.5. The van der Waals surface area contributed by atoms with Crippen LogP contribution in [0.25, 0.3) is 5.69 Å². The molecule has 0 bridgehead atoms. The van der Waals surface area contributed by atoms with Crippen LogP contribution >= 0.6 is 34.8 Å². The molecule has 0 fully saturated rings. The molecule has 0 aliphatic rings. The van der Waals surface area contributed by atoms with Crippen LogP contribution in [0.2, 0.25) is 15.1 Å². The molecule has 29 heavy (non-hydrogen) atoms. The Morgan fingerprint density at radius 3 is 2.14 bits per heavy atom. The molecule has 1 heterocycles. The molecule has 0 radical (unpaired) electrons. The molecule has 0 aliphatic carbocycles. The molecule has 0 aliphatic heterocycles. The summed E-state index contributed by atoms with van der Waals surface area (Å²) in [6.45, 7) is 4.02. The number of halogens is 6. The SMILES string of the molecule is CC(C)c1ccc(COc2c(C(F)(F)F)cnn2-c2c(Cl)cc(Cl)cc2Cl)cc1. The first-order chi connectivity index (χ1) is 13.6. The molecule has 0 atom stereocenters. The molecular formula is C20H16Cl3F3N2O. The van der Waals surface area contributed by atoms with Gasteiger partial charge in [0.25, 0.3) is 0 Å². The predicted octanol–water partition coefficient (Wildman–Crippen LogP) is 7.55. The van der Waals surface area contributed by atoms with Crippen molar-refractivity contribution in [1.29, 1.82) is 0 Å². The van der Waals surface area contributed by atoms with Gasteiger partial charge in [-0.2, -0.15) is 23.0 Å². The fraction of sp³-hybridized carbons (Fsp3) is 0.250. The van der Waals surface area contributed by atoms with Gasteiger partial charge in [0.2, 0.25) is 5.88 Å². The van der Waals surface area contributed by atoms with E-state index in [4.69, 9.17) is 39.5 Å². The van der Waals surface area contributed by atoms with Crippen molar-refractivity contribution < 1.29 is 17.9 Å². The maximum atomic E-state index is 13.5. The molecule has 2 aromatic carbocycles. The lowest BCUT2D eigenvalue weighted by Crippen LogP contribution is -2.10. The van der Waals surface area contributed by atoms with Crippen molar-refractivity contribution in [1.82, 2.24) is 9.78 Å². The van der Waals surface area contributed by atoms with Crippen LogP contribution < -0.4 is 4.74 Å². The number of benzene rings is 2. The van der Waals surface area contributed by atoms with Crippen LogP contribution in [0.3, 0.4) is 0 Å². The monoisotopic (exact) mass is 462 g/mol. The lowest BCUT2D eigenvalue weighted by molar-refractivity contribution is -0.139. The van der Waals surface area contributed by atoms with Crippen molar-refractivity contribution in [2.75, 3.05) is 0 Å². The smallest absolute Gasteiger partial charge is 0.423 e. The Morgan fingerprint density at radius 1 is 1.03 bits per heavy atom. The van der Waals surface area contributed by atoms with E-state index in [0.717, 1.165) is 10.2 Å². The zero-order chi connectivity index (χ0) is 21.3. The molecule has 0 saturated heterocycles. The van der Waals surface area contributed by atoms with E-state index < -0.39 is 17.6 Å². The van der Waals surface area contributed by atoms with Gasteiger partial charge in [-0.15, -0.1) is 0 Å². The highest BCUT2D eigenvalue weighted by molar-refractivity contribution is 6.40. The van der Waals surface area contributed by atoms with Gasteiger partial charge in [0.15, 0.2) is 0 Å². The minimum atomic E-state index is -4.67. The third kappa shape index (κ3) is 4.82. The van der Waals surface area contributed by atoms with E-state index in [2.05, 4.69) is 18.9 Å². The molecule has 3 rings (SSSR count). The van der Waals surface area contributed by atoms with Crippen molar-refractivity contribution in [2.24, 2.45) is 0 Å². The summed E-state index contributed by atoms with van der Waals surface area (Å²) in [5.41, 5.74) is 0.856. The molecule has 3 aromatic rings. The zero-order valence-corrected chi connectivity index (χ0v) is 17.7. The lowest BCUT2D eigenvalue weighted by atomic mass is 10.0. The first kappa shape index (κ1) is 21.8. The van der Waals surface area contributed by atoms with Gasteiger partial charge in [-0.3, -0.25) is 0 Å². The highest BCUT2D eigenvalue weighted by Crippen LogP contribution is 2.41. The second kappa shape index (κ2) is 8.46. The minimum absolute atomic E-state index is 0.0467. The number of ether oxygens (including phenoxy) is 1. The van der Waals surface area contributed by atoms with Crippen molar-refractivity contribution in [3.63, 3.8) is 0 Å². The summed E-state index contributed by atoms with van der Waals surface area (Å²) < 4.78 is 47.0. The average Bonchev–Trinajstić information content (AvgIpc) is 3.03. The molecule has 154 valence electrons. The Morgan fingerprint density at radius 2 is 1.62 bits per heavy atom. The number of aromatic nitrogens is 2. The van der Waals surface area contributed by atoms with E-state index in [9.17, 15) is 13.2 Å².